The molecule has 0 fully saturated rings. The molecule has 0 unspecified atom stereocenters. The van der Waals surface area contributed by atoms with Crippen LogP contribution in [-0.2, 0) is 0 Å². The predicted molar refractivity (Wildman–Crippen MR) is 161 cm³/mol. The Labute approximate surface area is 221 Å². The summed E-state index contributed by atoms with van der Waals surface area (Å²) >= 11 is 0. The van der Waals surface area contributed by atoms with Gasteiger partial charge in [-0.1, -0.05) is 42.5 Å². The third kappa shape index (κ3) is 2.06. The van der Waals surface area contributed by atoms with Crippen molar-refractivity contribution in [2.45, 2.75) is 0 Å². The molecule has 10 rings (SSSR count). The van der Waals surface area contributed by atoms with Crippen LogP contribution < -0.4 is 22.2 Å². The van der Waals surface area contributed by atoms with Gasteiger partial charge in [0.2, 0.25) is 0 Å². The summed E-state index contributed by atoms with van der Waals surface area (Å²) in [6, 6.07) is 24.4. The molecule has 0 saturated carbocycles. The summed E-state index contributed by atoms with van der Waals surface area (Å²) in [5.74, 6) is 0. The average Bonchev–Trinajstić information content (AvgIpc) is 2.97. The van der Waals surface area contributed by atoms with E-state index in [1.54, 1.807) is 12.1 Å². The fourth-order valence-corrected chi connectivity index (χ4v) is 7.40. The Balaban J connectivity index is 1.62. The fraction of sp³-hybridized carbons (Fsp3) is 0. The molecule has 0 aliphatic carbocycles. The molecule has 0 spiro atoms. The van der Waals surface area contributed by atoms with Crippen LogP contribution in [0.2, 0.25) is 0 Å². The number of nitrogens with one attached hydrogen (secondary N) is 1. The van der Waals surface area contributed by atoms with Crippen molar-refractivity contribution in [2.75, 3.05) is 0 Å². The van der Waals surface area contributed by atoms with Crippen LogP contribution >= 0.6 is 0 Å². The van der Waals surface area contributed by atoms with Gasteiger partial charge in [0, 0.05) is 43.1 Å². The Bertz CT molecular complexity index is 2770. The SMILES string of the molecule is O=c1[nH]c(=O)c2cc3ccc4cc5c(=O)n(-c6ccccc6)c(=O)c6cc7ccc8cc1c2c1c8c7c(c65)c4c31. The molecular weight excluding hydrogens is 500 g/mol. The number of H-pyrrole nitrogens is 1. The molecule has 10 aromatic rings. The van der Waals surface area contributed by atoms with Crippen LogP contribution in [0.4, 0.5) is 0 Å². The highest BCUT2D eigenvalue weighted by Gasteiger charge is 2.27. The monoisotopic (exact) mass is 514 g/mol. The minimum Gasteiger partial charge on any atom is -0.288 e. The Kier molecular flexibility index (Phi) is 3.22. The Morgan fingerprint density at radius 2 is 0.825 bits per heavy atom. The first-order valence-corrected chi connectivity index (χ1v) is 13.0. The zero-order valence-electron chi connectivity index (χ0n) is 20.6. The molecule has 184 valence electrons. The summed E-state index contributed by atoms with van der Waals surface area (Å²) in [4.78, 5) is 56.5. The summed E-state index contributed by atoms with van der Waals surface area (Å²) in [6.45, 7) is 0. The van der Waals surface area contributed by atoms with E-state index in [4.69, 9.17) is 0 Å². The number of hydrogen-bond acceptors (Lipinski definition) is 4. The second-order valence-corrected chi connectivity index (χ2v) is 10.8. The summed E-state index contributed by atoms with van der Waals surface area (Å²) in [7, 11) is 0. The topological polar surface area (TPSA) is 89.0 Å². The van der Waals surface area contributed by atoms with E-state index >= 15 is 0 Å². The van der Waals surface area contributed by atoms with Crippen molar-refractivity contribution in [1.82, 2.24) is 9.55 Å². The lowest BCUT2D eigenvalue weighted by Gasteiger charge is -2.23. The van der Waals surface area contributed by atoms with Crippen molar-refractivity contribution < 1.29 is 0 Å². The van der Waals surface area contributed by atoms with Crippen LogP contribution in [0.5, 0.6) is 0 Å². The molecule has 6 nitrogen and oxygen atoms in total. The lowest BCUT2D eigenvalue weighted by molar-refractivity contribution is 0.970. The second kappa shape index (κ2) is 6.33. The van der Waals surface area contributed by atoms with Gasteiger partial charge >= 0.3 is 0 Å². The Morgan fingerprint density at radius 3 is 1.27 bits per heavy atom. The molecule has 40 heavy (non-hydrogen) atoms. The van der Waals surface area contributed by atoms with Gasteiger partial charge in [0.05, 0.1) is 5.69 Å². The molecule has 0 aliphatic rings. The molecule has 1 N–H and O–H groups in total. The van der Waals surface area contributed by atoms with Crippen LogP contribution in [0.1, 0.15) is 0 Å². The number of hydrogen-bond donors (Lipinski definition) is 1. The van der Waals surface area contributed by atoms with Gasteiger partial charge in [0.15, 0.2) is 0 Å². The number of aromatic amines is 1. The van der Waals surface area contributed by atoms with Crippen LogP contribution in [0.3, 0.4) is 0 Å². The van der Waals surface area contributed by atoms with Gasteiger partial charge in [-0.2, -0.15) is 0 Å². The zero-order valence-corrected chi connectivity index (χ0v) is 20.6. The van der Waals surface area contributed by atoms with Crippen molar-refractivity contribution in [2.24, 2.45) is 0 Å². The van der Waals surface area contributed by atoms with Gasteiger partial charge in [-0.3, -0.25) is 24.2 Å². The smallest absolute Gasteiger partial charge is 0.266 e. The van der Waals surface area contributed by atoms with E-state index < -0.39 is 11.1 Å². The first-order valence-electron chi connectivity index (χ1n) is 13.0. The van der Waals surface area contributed by atoms with Crippen molar-refractivity contribution in [3.05, 3.63) is 120 Å². The van der Waals surface area contributed by atoms with E-state index in [1.165, 1.54) is 4.57 Å². The molecule has 0 atom stereocenters. The zero-order chi connectivity index (χ0) is 26.6. The van der Waals surface area contributed by atoms with Crippen molar-refractivity contribution in [1.29, 1.82) is 0 Å². The Hall–Kier alpha value is -5.62. The first kappa shape index (κ1) is 20.4. The van der Waals surface area contributed by atoms with E-state index in [0.29, 0.717) is 38.0 Å². The molecule has 2 aromatic heterocycles. The maximum Gasteiger partial charge on any atom is 0.266 e. The third-order valence-corrected chi connectivity index (χ3v) is 8.91. The van der Waals surface area contributed by atoms with Crippen LogP contribution in [0, 0.1) is 0 Å². The summed E-state index contributed by atoms with van der Waals surface area (Å²) in [6.07, 6.45) is 0. The van der Waals surface area contributed by atoms with E-state index in [0.717, 1.165) is 53.9 Å². The number of rotatable bonds is 1. The quantitative estimate of drug-likeness (QED) is 0.226. The minimum absolute atomic E-state index is 0.351. The fourth-order valence-electron chi connectivity index (χ4n) is 7.40. The highest BCUT2D eigenvalue weighted by atomic mass is 16.2. The molecule has 2 heterocycles. The number of aromatic nitrogens is 2. The van der Waals surface area contributed by atoms with Gasteiger partial charge in [0.25, 0.3) is 22.2 Å². The summed E-state index contributed by atoms with van der Waals surface area (Å²) < 4.78 is 1.26. The van der Waals surface area contributed by atoms with E-state index in [2.05, 4.69) is 4.98 Å². The van der Waals surface area contributed by atoms with Crippen LogP contribution in [0.25, 0.3) is 91.9 Å². The van der Waals surface area contributed by atoms with Gasteiger partial charge < -0.3 is 0 Å². The van der Waals surface area contributed by atoms with Gasteiger partial charge in [-0.25, -0.2) is 4.57 Å². The molecule has 0 radical (unpaired) electrons. The summed E-state index contributed by atoms with van der Waals surface area (Å²) in [5, 5.41) is 12.3. The standard InChI is InChI=1S/C34H14N2O4/c37-31-19-10-14-6-8-16-12-21-28-22(34(40)36(33(21)39)18-4-2-1-3-5-18)13-17-9-7-15-11-20(32(38)35-31)27(19)29-23(14)25(16)30(28)26(17)24(15)29/h1-13H,(H,35,37,38). The third-order valence-electron chi connectivity index (χ3n) is 8.91. The number of benzene rings is 8. The second-order valence-electron chi connectivity index (χ2n) is 10.8. The molecule has 8 aromatic carbocycles. The minimum atomic E-state index is -0.403. The molecular formula is C34H14N2O4. The van der Waals surface area contributed by atoms with Crippen LogP contribution in [-0.4, -0.2) is 9.55 Å². The van der Waals surface area contributed by atoms with Crippen molar-refractivity contribution in [3.63, 3.8) is 0 Å². The maximum atomic E-state index is 14.0. The van der Waals surface area contributed by atoms with Crippen LogP contribution in [0.15, 0.2) is 98.0 Å². The molecule has 0 bridgehead atoms. The largest absolute Gasteiger partial charge is 0.288 e. The number of nitrogens with zero attached hydrogens (tertiary/aromatic N) is 1. The molecule has 0 aliphatic heterocycles. The number of para-hydroxylation sites is 1. The van der Waals surface area contributed by atoms with Crippen molar-refractivity contribution >= 4 is 86.2 Å². The lowest BCUT2D eigenvalue weighted by Crippen LogP contribution is -2.31. The average molecular weight is 514 g/mol. The molecule has 0 amide bonds. The lowest BCUT2D eigenvalue weighted by atomic mass is 9.80. The maximum absolute atomic E-state index is 14.0. The van der Waals surface area contributed by atoms with Crippen molar-refractivity contribution in [3.8, 4) is 5.69 Å². The normalized spacial score (nSPS) is 12.9. The molecule has 0 saturated heterocycles. The highest BCUT2D eigenvalue weighted by molar-refractivity contribution is 6.49. The first-order chi connectivity index (χ1) is 19.5. The number of pyridine rings is 2. The highest BCUT2D eigenvalue weighted by Crippen LogP contribution is 2.50. The Morgan fingerprint density at radius 1 is 0.425 bits per heavy atom. The van der Waals surface area contributed by atoms with Gasteiger partial charge in [0.1, 0.15) is 0 Å². The van der Waals surface area contributed by atoms with Gasteiger partial charge in [-0.05, 0) is 79.5 Å². The van der Waals surface area contributed by atoms with E-state index in [1.807, 2.05) is 66.7 Å². The predicted octanol–water partition coefficient (Wildman–Crippen LogP) is 5.66. The summed E-state index contributed by atoms with van der Waals surface area (Å²) in [5.41, 5.74) is -0.980. The van der Waals surface area contributed by atoms with E-state index in [9.17, 15) is 19.2 Å². The van der Waals surface area contributed by atoms with Gasteiger partial charge in [-0.15, -0.1) is 0 Å². The van der Waals surface area contributed by atoms with E-state index in [-0.39, 0.29) is 11.1 Å². The molecule has 6 heteroatoms.